The van der Waals surface area contributed by atoms with E-state index in [-0.39, 0.29) is 12.1 Å². The summed E-state index contributed by atoms with van der Waals surface area (Å²) in [7, 11) is 0. The smallest absolute Gasteiger partial charge is 0.258 e. The molecule has 0 unspecified atom stereocenters. The summed E-state index contributed by atoms with van der Waals surface area (Å²) in [5, 5.41) is 9.23. The van der Waals surface area contributed by atoms with Gasteiger partial charge in [0, 0.05) is 17.6 Å². The molecule has 0 spiro atoms. The zero-order valence-electron chi connectivity index (χ0n) is 10.1. The van der Waals surface area contributed by atoms with Crippen molar-refractivity contribution in [3.63, 3.8) is 0 Å². The van der Waals surface area contributed by atoms with Gasteiger partial charge in [-0.2, -0.15) is 0 Å². The summed E-state index contributed by atoms with van der Waals surface area (Å²) < 4.78 is 3.86. The van der Waals surface area contributed by atoms with Crippen molar-refractivity contribution >= 4 is 23.1 Å². The molecule has 1 aromatic carbocycles. The Labute approximate surface area is 114 Å². The molecule has 1 N–H and O–H groups in total. The number of hydrogen-bond donors (Lipinski definition) is 1. The Kier molecular flexibility index (Phi) is 3.00. The lowest BCUT2D eigenvalue weighted by atomic mass is 10.1. The normalized spacial score (nSPS) is 17.8. The summed E-state index contributed by atoms with van der Waals surface area (Å²) in [5.74, 6) is -0.0211. The van der Waals surface area contributed by atoms with Crippen molar-refractivity contribution in [2.75, 3.05) is 11.9 Å². The number of carbonyl (C=O) groups excluding carboxylic acids is 1. The average molecular weight is 272 g/mol. The Balaban J connectivity index is 2.05. The maximum absolute atomic E-state index is 12.5. The summed E-state index contributed by atoms with van der Waals surface area (Å²) in [6.07, 6.45) is 1.42. The molecular formula is C13H12N4OS. The molecule has 1 atom stereocenters. The standard InChI is InChI=1S/C13H12N4OS/c1-2-7-17-12(11-8-19-16-15-11)14-10-6-4-3-5-9(10)13(17)18/h2-6,8,12,14H,1,7H2/t12-/m1/s1. The molecular weight excluding hydrogens is 260 g/mol. The van der Waals surface area contributed by atoms with Gasteiger partial charge in [-0.15, -0.1) is 11.7 Å². The van der Waals surface area contributed by atoms with Gasteiger partial charge in [0.05, 0.1) is 5.56 Å². The Morgan fingerprint density at radius 1 is 1.47 bits per heavy atom. The zero-order valence-corrected chi connectivity index (χ0v) is 10.9. The van der Waals surface area contributed by atoms with Crippen molar-refractivity contribution < 1.29 is 4.79 Å². The molecule has 1 aromatic heterocycles. The second-order valence-corrected chi connectivity index (χ2v) is 4.78. The minimum Gasteiger partial charge on any atom is -0.359 e. The van der Waals surface area contributed by atoms with Gasteiger partial charge in [0.1, 0.15) is 11.9 Å². The third-order valence-electron chi connectivity index (χ3n) is 3.01. The van der Waals surface area contributed by atoms with Crippen LogP contribution in [0.5, 0.6) is 0 Å². The minimum absolute atomic E-state index is 0.0211. The first-order valence-electron chi connectivity index (χ1n) is 5.85. The topological polar surface area (TPSA) is 58.1 Å². The van der Waals surface area contributed by atoms with E-state index in [1.165, 1.54) is 11.5 Å². The second kappa shape index (κ2) is 4.81. The largest absolute Gasteiger partial charge is 0.359 e. The number of amides is 1. The fourth-order valence-corrected chi connectivity index (χ4v) is 2.62. The number of anilines is 1. The summed E-state index contributed by atoms with van der Waals surface area (Å²) in [5.41, 5.74) is 2.24. The van der Waals surface area contributed by atoms with Gasteiger partial charge in [-0.25, -0.2) is 0 Å². The molecule has 96 valence electrons. The highest BCUT2D eigenvalue weighted by Crippen LogP contribution is 2.32. The number of aromatic nitrogens is 2. The maximum atomic E-state index is 12.5. The van der Waals surface area contributed by atoms with Crippen LogP contribution in [0.25, 0.3) is 0 Å². The highest BCUT2D eigenvalue weighted by molar-refractivity contribution is 7.03. The Hall–Kier alpha value is -2.21. The number of nitrogens with one attached hydrogen (secondary N) is 1. The van der Waals surface area contributed by atoms with Crippen LogP contribution in [-0.2, 0) is 0 Å². The predicted molar refractivity (Wildman–Crippen MR) is 73.9 cm³/mol. The minimum atomic E-state index is -0.292. The number of nitrogens with zero attached hydrogens (tertiary/aromatic N) is 3. The first kappa shape index (κ1) is 11.9. The number of fused-ring (bicyclic) bond motifs is 1. The van der Waals surface area contributed by atoms with Crippen LogP contribution in [-0.4, -0.2) is 26.9 Å². The number of hydrogen-bond acceptors (Lipinski definition) is 5. The first-order chi connectivity index (χ1) is 9.31. The molecule has 0 bridgehead atoms. The fraction of sp³-hybridized carbons (Fsp3) is 0.154. The van der Waals surface area contributed by atoms with Crippen LogP contribution in [0, 0.1) is 0 Å². The Morgan fingerprint density at radius 3 is 3.05 bits per heavy atom. The predicted octanol–water partition coefficient (Wildman–Crippen LogP) is 2.29. The van der Waals surface area contributed by atoms with Gasteiger partial charge in [0.2, 0.25) is 0 Å². The third kappa shape index (κ3) is 2.00. The lowest BCUT2D eigenvalue weighted by Gasteiger charge is -2.36. The van der Waals surface area contributed by atoms with Crippen LogP contribution in [0.4, 0.5) is 5.69 Å². The number of rotatable bonds is 3. The first-order valence-corrected chi connectivity index (χ1v) is 6.69. The maximum Gasteiger partial charge on any atom is 0.258 e. The van der Waals surface area contributed by atoms with E-state index in [1.54, 1.807) is 11.0 Å². The molecule has 1 amide bonds. The molecule has 1 aliphatic rings. The van der Waals surface area contributed by atoms with Crippen molar-refractivity contribution in [3.8, 4) is 0 Å². The van der Waals surface area contributed by atoms with Crippen LogP contribution < -0.4 is 5.32 Å². The number of carbonyl (C=O) groups is 1. The van der Waals surface area contributed by atoms with Crippen molar-refractivity contribution in [2.24, 2.45) is 0 Å². The second-order valence-electron chi connectivity index (χ2n) is 4.17. The summed E-state index contributed by atoms with van der Waals surface area (Å²) >= 11 is 1.27. The molecule has 0 saturated carbocycles. The van der Waals surface area contributed by atoms with Gasteiger partial charge >= 0.3 is 0 Å². The average Bonchev–Trinajstić information content (AvgIpc) is 2.96. The van der Waals surface area contributed by atoms with Crippen molar-refractivity contribution in [1.82, 2.24) is 14.5 Å². The van der Waals surface area contributed by atoms with Gasteiger partial charge in [-0.3, -0.25) is 4.79 Å². The van der Waals surface area contributed by atoms with E-state index in [0.717, 1.165) is 11.4 Å². The summed E-state index contributed by atoms with van der Waals surface area (Å²) in [6, 6.07) is 7.47. The lowest BCUT2D eigenvalue weighted by Crippen LogP contribution is -2.43. The molecule has 0 saturated heterocycles. The summed E-state index contributed by atoms with van der Waals surface area (Å²) in [6.45, 7) is 4.17. The van der Waals surface area contributed by atoms with E-state index in [0.29, 0.717) is 12.1 Å². The van der Waals surface area contributed by atoms with Crippen LogP contribution >= 0.6 is 11.5 Å². The van der Waals surface area contributed by atoms with Gasteiger partial charge in [0.15, 0.2) is 0 Å². The molecule has 2 aromatic rings. The molecule has 6 heteroatoms. The number of para-hydroxylation sites is 1. The fourth-order valence-electron chi connectivity index (χ4n) is 2.14. The molecule has 0 fully saturated rings. The van der Waals surface area contributed by atoms with E-state index in [2.05, 4.69) is 21.5 Å². The van der Waals surface area contributed by atoms with Crippen molar-refractivity contribution in [1.29, 1.82) is 0 Å². The van der Waals surface area contributed by atoms with Gasteiger partial charge in [-0.05, 0) is 23.7 Å². The van der Waals surface area contributed by atoms with Gasteiger partial charge < -0.3 is 10.2 Å². The summed E-state index contributed by atoms with van der Waals surface area (Å²) in [4.78, 5) is 14.2. The highest BCUT2D eigenvalue weighted by Gasteiger charge is 2.33. The molecule has 5 nitrogen and oxygen atoms in total. The SMILES string of the molecule is C=CCN1C(=O)c2ccccc2N[C@H]1c1csnn1. The third-order valence-corrected chi connectivity index (χ3v) is 3.53. The molecule has 2 heterocycles. The van der Waals surface area contributed by atoms with E-state index in [1.807, 2.05) is 29.6 Å². The Bertz CT molecular complexity index is 611. The highest BCUT2D eigenvalue weighted by atomic mass is 32.1. The van der Waals surface area contributed by atoms with E-state index in [4.69, 9.17) is 0 Å². The Morgan fingerprint density at radius 2 is 2.32 bits per heavy atom. The van der Waals surface area contributed by atoms with E-state index in [9.17, 15) is 4.79 Å². The van der Waals surface area contributed by atoms with Gasteiger partial charge in [0.25, 0.3) is 5.91 Å². The van der Waals surface area contributed by atoms with Crippen LogP contribution in [0.1, 0.15) is 22.2 Å². The monoisotopic (exact) mass is 272 g/mol. The van der Waals surface area contributed by atoms with Crippen LogP contribution in [0.2, 0.25) is 0 Å². The lowest BCUT2D eigenvalue weighted by molar-refractivity contribution is 0.0704. The van der Waals surface area contributed by atoms with Crippen molar-refractivity contribution in [2.45, 2.75) is 6.17 Å². The molecule has 0 aliphatic carbocycles. The number of benzene rings is 1. The molecule has 0 radical (unpaired) electrons. The van der Waals surface area contributed by atoms with Crippen LogP contribution in [0.15, 0.2) is 42.3 Å². The molecule has 19 heavy (non-hydrogen) atoms. The zero-order chi connectivity index (χ0) is 13.2. The van der Waals surface area contributed by atoms with Crippen LogP contribution in [0.3, 0.4) is 0 Å². The molecule has 1 aliphatic heterocycles. The van der Waals surface area contributed by atoms with E-state index < -0.39 is 0 Å². The van der Waals surface area contributed by atoms with Crippen molar-refractivity contribution in [3.05, 3.63) is 53.6 Å². The van der Waals surface area contributed by atoms with Gasteiger partial charge in [-0.1, -0.05) is 22.7 Å². The quantitative estimate of drug-likeness (QED) is 0.871. The molecule has 3 rings (SSSR count). The van der Waals surface area contributed by atoms with E-state index >= 15 is 0 Å².